The first-order valence-corrected chi connectivity index (χ1v) is 44.1. The van der Waals surface area contributed by atoms with Gasteiger partial charge in [-0.05, 0) is 198 Å². The molecule has 10 aromatic carbocycles. The Morgan fingerprint density at radius 1 is 0.565 bits per heavy atom. The fraction of sp³-hybridized carbons (Fsp3) is 0.171. The fourth-order valence-electron chi connectivity index (χ4n) is 17.2. The average Bonchev–Trinajstić information content (AvgIpc) is 1.54. The van der Waals surface area contributed by atoms with E-state index in [4.69, 9.17) is 19.3 Å². The zero-order chi connectivity index (χ0) is 89.6. The number of aliphatic hydroxyl groups is 4. The number of hydrogen-bond acceptors (Lipinski definition) is 11. The van der Waals surface area contributed by atoms with E-state index in [-0.39, 0.29) is 83.7 Å². The molecule has 4 N–H and O–H groups in total. The molecule has 0 fully saturated rings. The van der Waals surface area contributed by atoms with Gasteiger partial charge in [-0.2, -0.15) is 38.0 Å². The minimum Gasteiger partial charge on any atom is -0.665 e. The van der Waals surface area contributed by atoms with Gasteiger partial charge in [-0.25, -0.2) is 0 Å². The molecular weight excluding hydrogens is 1850 g/mol. The Morgan fingerprint density at radius 3 is 1.63 bits per heavy atom. The number of anilines is 3. The number of fused-ring (bicyclic) bond motifs is 10. The second kappa shape index (κ2) is 40.7. The summed E-state index contributed by atoms with van der Waals surface area (Å²) in [6, 6.07) is 67.5. The van der Waals surface area contributed by atoms with Crippen molar-refractivity contribution in [3.63, 3.8) is 0 Å². The Hall–Kier alpha value is -12.2. The van der Waals surface area contributed by atoms with E-state index in [2.05, 4.69) is 224 Å². The predicted molar refractivity (Wildman–Crippen MR) is 522 cm³/mol. The molecule has 22 rings (SSSR count). The summed E-state index contributed by atoms with van der Waals surface area (Å²) in [7, 11) is 0. The largest absolute Gasteiger partial charge is 2.00 e. The molecule has 11 aliphatic heterocycles. The Bertz CT molecular complexity index is 6760. The van der Waals surface area contributed by atoms with Crippen molar-refractivity contribution in [1.29, 1.82) is 0 Å². The third kappa shape index (κ3) is 20.9. The maximum Gasteiger partial charge on any atom is 2.00 e. The van der Waals surface area contributed by atoms with Crippen molar-refractivity contribution in [1.82, 2.24) is 0 Å². The van der Waals surface area contributed by atoms with Gasteiger partial charge in [-0.3, -0.25) is 14.5 Å². The summed E-state index contributed by atoms with van der Waals surface area (Å²) in [5, 5.41) is 68.9. The number of aliphatic hydroxyl groups excluding tert-OH is 4. The molecule has 1 spiro atoms. The number of hydrogen-bond donors (Lipinski definition) is 4. The smallest absolute Gasteiger partial charge is 0.665 e. The van der Waals surface area contributed by atoms with Gasteiger partial charge in [0.05, 0.1) is 11.4 Å². The van der Waals surface area contributed by atoms with Crippen LogP contribution in [0.2, 0.25) is 0 Å². The molecule has 0 amide bonds. The van der Waals surface area contributed by atoms with Crippen LogP contribution in [-0.4, -0.2) is 45.7 Å². The molecule has 11 aromatic rings. The Labute approximate surface area is 816 Å². The second-order valence-corrected chi connectivity index (χ2v) is 35.2. The Kier molecular flexibility index (Phi) is 29.0. The van der Waals surface area contributed by atoms with Crippen molar-refractivity contribution in [3.8, 4) is 0 Å². The first-order chi connectivity index (χ1) is 62.4. The van der Waals surface area contributed by atoms with Gasteiger partial charge in [0.1, 0.15) is 41.3 Å². The van der Waals surface area contributed by atoms with E-state index in [1.54, 1.807) is 36.2 Å². The van der Waals surface area contributed by atoms with Crippen LogP contribution in [0.4, 0.5) is 53.0 Å². The van der Waals surface area contributed by atoms with Crippen LogP contribution >= 0.6 is 11.3 Å². The summed E-state index contributed by atoms with van der Waals surface area (Å²) in [5.74, 6) is 1.06. The number of alkyl halides is 3. The second-order valence-electron chi connectivity index (χ2n) is 34.2. The van der Waals surface area contributed by atoms with Crippen LogP contribution in [0.25, 0.3) is 96.9 Å². The van der Waals surface area contributed by atoms with E-state index in [0.29, 0.717) is 21.9 Å². The number of benzene rings is 10. The molecular formula is C111H98CuEuF3N7O7S. The van der Waals surface area contributed by atoms with Crippen LogP contribution in [0, 0.1) is 54.8 Å². The summed E-state index contributed by atoms with van der Waals surface area (Å²) in [5.41, 5.74) is 18.6. The molecule has 0 saturated heterocycles. The van der Waals surface area contributed by atoms with E-state index < -0.39 is 30.2 Å². The van der Waals surface area contributed by atoms with Crippen LogP contribution in [0.1, 0.15) is 123 Å². The number of thiophene rings is 1. The molecule has 2 radical (unpaired) electrons. The van der Waals surface area contributed by atoms with Crippen molar-refractivity contribution in [2.24, 2.45) is 5.41 Å². The minimum absolute atomic E-state index is 0. The third-order valence-corrected chi connectivity index (χ3v) is 24.7. The van der Waals surface area contributed by atoms with Gasteiger partial charge in [0.2, 0.25) is 0 Å². The third-order valence-electron chi connectivity index (χ3n) is 23.7. The quantitative estimate of drug-likeness (QED) is 0.0762. The van der Waals surface area contributed by atoms with Crippen LogP contribution in [0.5, 0.6) is 0 Å². The maximum absolute atomic E-state index is 11.8. The van der Waals surface area contributed by atoms with Gasteiger partial charge >= 0.3 is 78.7 Å². The first-order valence-electron chi connectivity index (χ1n) is 43.2. The average molecular weight is 1950 g/mol. The zero-order valence-corrected chi connectivity index (χ0v) is 77.5. The van der Waals surface area contributed by atoms with E-state index in [1.807, 2.05) is 170 Å². The Balaban J connectivity index is 0.000000124. The molecule has 664 valence electrons. The maximum atomic E-state index is 11.8. The summed E-state index contributed by atoms with van der Waals surface area (Å²) < 4.78 is 55.2. The van der Waals surface area contributed by atoms with Crippen molar-refractivity contribution < 1.29 is 114 Å². The monoisotopic (exact) mass is 1950 g/mol. The Morgan fingerprint density at radius 2 is 1.09 bits per heavy atom. The summed E-state index contributed by atoms with van der Waals surface area (Å²) in [6.45, 7) is 18.4. The number of ether oxygens (including phenoxy) is 3. The van der Waals surface area contributed by atoms with Gasteiger partial charge < -0.3 is 56.1 Å². The van der Waals surface area contributed by atoms with E-state index in [9.17, 15) is 28.5 Å². The van der Waals surface area contributed by atoms with Gasteiger partial charge in [0, 0.05) is 64.0 Å². The molecule has 14 nitrogen and oxygen atoms in total. The van der Waals surface area contributed by atoms with Gasteiger partial charge in [0.15, 0.2) is 5.76 Å². The molecule has 12 heterocycles. The van der Waals surface area contributed by atoms with Crippen molar-refractivity contribution in [3.05, 3.63) is 447 Å². The van der Waals surface area contributed by atoms with Crippen LogP contribution in [0.15, 0.2) is 350 Å². The molecule has 20 heteroatoms. The number of rotatable bonds is 10. The SMILES string of the molecule is C1=CN2c3c4c(ccc3=C1)=CC=CN4C21OC(c2ccccc2)=CC(c2ccccc2)O1.C1=C[N-]c2c3c(ccc2=C1)=CC=C[N-]3.C1=C[N-]c2c3c(ccc2=C1)=CC=C[N-]3.CCC1=CC(=C(C)C)C=C(/C=C/c2cc3c4c(c2)C(C)(C)CCN4CC(C)(C)C3)O1.OC(=CC(O)c1ccc2ccccc2c1)c1ccc2ccccc2c1.OC(=CC(O)c1cccs1)C(F)(F)F.[Cu+2].[Eu+2]. The number of allylic oxidation sites excluding steroid dienone is 13. The minimum atomic E-state index is -4.81. The van der Waals surface area contributed by atoms with Crippen molar-refractivity contribution in [2.75, 3.05) is 27.8 Å². The summed E-state index contributed by atoms with van der Waals surface area (Å²) >= 11 is 1.11. The molecule has 3 unspecified atom stereocenters. The van der Waals surface area contributed by atoms with Gasteiger partial charge in [-0.15, -0.1) is 34.1 Å². The van der Waals surface area contributed by atoms with Crippen LogP contribution < -0.4 is 46.0 Å². The number of halogens is 3. The fourth-order valence-corrected chi connectivity index (χ4v) is 17.9. The molecule has 131 heavy (non-hydrogen) atoms. The number of nitrogens with zero attached hydrogens (tertiary/aromatic N) is 7. The first kappa shape index (κ1) is 93.5. The molecule has 0 aliphatic carbocycles. The summed E-state index contributed by atoms with van der Waals surface area (Å²) in [6.07, 6.45) is 44.1. The van der Waals surface area contributed by atoms with E-state index in [1.165, 1.54) is 58.6 Å². The van der Waals surface area contributed by atoms with Gasteiger partial charge in [-0.1, -0.05) is 283 Å². The zero-order valence-electron chi connectivity index (χ0n) is 73.3. The van der Waals surface area contributed by atoms with Crippen molar-refractivity contribution in [2.45, 2.75) is 104 Å². The molecule has 1 aromatic heterocycles. The molecule has 0 saturated carbocycles. The van der Waals surface area contributed by atoms with E-state index >= 15 is 0 Å². The predicted octanol–water partition coefficient (Wildman–Crippen LogP) is 24.7. The molecule has 3 atom stereocenters. The molecule has 0 bridgehead atoms. The standard InChI is InChI=1S/C28H20N2O2.C28H37NO.C23H18O2.2C12H8N2.C8H7F3O2S.Cu.Eu/c1-3-9-20(10-4-1)24-19-25(21-11-5-2-6-12-21)32-28(31-24)29-17-7-13-22-15-16-23-14-8-18-30(28)27(23)26(22)29;1-8-23-15-21(19(2)3)16-24(30-23)10-9-20-13-22-17-27(4,5)18-29-12-11-28(6,7)25(14-20)26(22)29;24-22(20-11-9-16-5-1-3-7-18(16)13-20)15-23(25)21-12-10-17-6-2-4-8-19(17)14-21;2*1-3-9-5-6-10-4-2-8-14-12(10)11(9)13-7-1;9-8(10,11)7(13)4-5(12)6-2-1-3-14-6;;/h1-19,24H;9-10,13-16H,8,11-12,17-18H2,1-7H3;1-15,22,24-25H;2*1-8H;1-5,12-13H;;/q;;;2*-2;;2*+2/b;10-9+;;;;;;. The topological polar surface area (TPSA) is 175 Å². The van der Waals surface area contributed by atoms with Crippen LogP contribution in [-0.2, 0) is 43.1 Å². The normalized spacial score (nSPS) is 17.6. The summed E-state index contributed by atoms with van der Waals surface area (Å²) in [4.78, 5) is 7.23. The van der Waals surface area contributed by atoms with Gasteiger partial charge in [0.25, 0.3) is 0 Å². The van der Waals surface area contributed by atoms with E-state index in [0.717, 1.165) is 152 Å². The van der Waals surface area contributed by atoms with Crippen LogP contribution in [0.3, 0.4) is 0 Å². The van der Waals surface area contributed by atoms with Crippen molar-refractivity contribution >= 4 is 127 Å². The molecule has 11 aliphatic rings.